The van der Waals surface area contributed by atoms with Gasteiger partial charge in [-0.2, -0.15) is 0 Å². The van der Waals surface area contributed by atoms with Crippen LogP contribution in [0.1, 0.15) is 31.7 Å². The van der Waals surface area contributed by atoms with Crippen LogP contribution in [0.2, 0.25) is 0 Å². The van der Waals surface area contributed by atoms with Gasteiger partial charge in [0.15, 0.2) is 5.13 Å². The highest BCUT2D eigenvalue weighted by molar-refractivity contribution is 9.10. The van der Waals surface area contributed by atoms with E-state index < -0.39 is 0 Å². The summed E-state index contributed by atoms with van der Waals surface area (Å²) in [7, 11) is 0. The van der Waals surface area contributed by atoms with Gasteiger partial charge in [-0.05, 0) is 42.3 Å². The molecule has 1 unspecified atom stereocenters. The Kier molecular flexibility index (Phi) is 6.79. The predicted molar refractivity (Wildman–Crippen MR) is 111 cm³/mol. The van der Waals surface area contributed by atoms with Gasteiger partial charge in [0.25, 0.3) is 0 Å². The molecule has 2 aromatic carbocycles. The van der Waals surface area contributed by atoms with Crippen molar-refractivity contribution in [3.8, 4) is 5.75 Å². The molecule has 1 amide bonds. The smallest absolute Gasteiger partial charge is 0.239 e. The molecule has 1 aromatic heterocycles. The molecule has 1 N–H and O–H groups in total. The highest BCUT2D eigenvalue weighted by atomic mass is 79.9. The van der Waals surface area contributed by atoms with E-state index >= 15 is 0 Å². The number of aromatic nitrogens is 1. The second kappa shape index (κ2) is 9.28. The molecule has 3 rings (SSSR count). The lowest BCUT2D eigenvalue weighted by atomic mass is 10.2. The zero-order chi connectivity index (χ0) is 19.2. The fraction of sp³-hybridized carbons (Fsp3) is 0.300. The van der Waals surface area contributed by atoms with Gasteiger partial charge in [-0.15, -0.1) is 0 Å². The molecule has 1 heterocycles. The van der Waals surface area contributed by atoms with E-state index in [0.29, 0.717) is 17.5 Å². The molecule has 3 aromatic rings. The summed E-state index contributed by atoms with van der Waals surface area (Å²) < 4.78 is 19.7. The van der Waals surface area contributed by atoms with Crippen LogP contribution in [-0.4, -0.2) is 15.7 Å². The molecule has 7 heteroatoms. The summed E-state index contributed by atoms with van der Waals surface area (Å²) >= 11 is 4.84. The molecule has 0 saturated carbocycles. The van der Waals surface area contributed by atoms with E-state index in [2.05, 4.69) is 33.2 Å². The topological polar surface area (TPSA) is 51.2 Å². The fourth-order valence-corrected chi connectivity index (χ4v) is 3.83. The summed E-state index contributed by atoms with van der Waals surface area (Å²) in [6.45, 7) is 2.46. The van der Waals surface area contributed by atoms with Gasteiger partial charge < -0.3 is 10.1 Å². The van der Waals surface area contributed by atoms with Crippen LogP contribution >= 0.6 is 27.3 Å². The van der Waals surface area contributed by atoms with E-state index in [0.717, 1.165) is 35.0 Å². The number of carbonyl (C=O) groups excluding carboxylic acids is 1. The van der Waals surface area contributed by atoms with E-state index in [1.54, 1.807) is 12.1 Å². The largest absolute Gasteiger partial charge is 0.489 e. The van der Waals surface area contributed by atoms with Crippen molar-refractivity contribution >= 4 is 48.5 Å². The highest BCUT2D eigenvalue weighted by Crippen LogP contribution is 2.30. The van der Waals surface area contributed by atoms with Gasteiger partial charge >= 0.3 is 0 Å². The minimum Gasteiger partial charge on any atom is -0.489 e. The van der Waals surface area contributed by atoms with Gasteiger partial charge in [0.2, 0.25) is 5.91 Å². The van der Waals surface area contributed by atoms with Crippen LogP contribution in [0.25, 0.3) is 10.2 Å². The molecule has 0 aliphatic carbocycles. The number of benzene rings is 2. The van der Waals surface area contributed by atoms with Gasteiger partial charge in [0.1, 0.15) is 18.2 Å². The van der Waals surface area contributed by atoms with Crippen molar-refractivity contribution in [3.63, 3.8) is 0 Å². The van der Waals surface area contributed by atoms with Crippen LogP contribution in [0.4, 0.5) is 9.52 Å². The molecule has 0 aliphatic heterocycles. The molecule has 0 radical (unpaired) electrons. The van der Waals surface area contributed by atoms with Gasteiger partial charge in [0, 0.05) is 0 Å². The van der Waals surface area contributed by atoms with Gasteiger partial charge in [0.05, 0.1) is 15.0 Å². The lowest BCUT2D eigenvalue weighted by Gasteiger charge is -2.07. The van der Waals surface area contributed by atoms with Crippen LogP contribution in [0.15, 0.2) is 42.5 Å². The Morgan fingerprint density at radius 1 is 1.30 bits per heavy atom. The number of anilines is 1. The third-order valence-corrected chi connectivity index (χ3v) is 5.81. The zero-order valence-corrected chi connectivity index (χ0v) is 17.3. The van der Waals surface area contributed by atoms with Gasteiger partial charge in [-0.25, -0.2) is 9.37 Å². The maximum Gasteiger partial charge on any atom is 0.239 e. The second-order valence-corrected chi connectivity index (χ2v) is 8.30. The van der Waals surface area contributed by atoms with Crippen molar-refractivity contribution in [1.29, 1.82) is 0 Å². The summed E-state index contributed by atoms with van der Waals surface area (Å²) in [5.41, 5.74) is 1.70. The van der Waals surface area contributed by atoms with E-state index in [9.17, 15) is 9.18 Å². The number of nitrogens with zero attached hydrogens (tertiary/aromatic N) is 1. The Bertz CT molecular complexity index is 914. The first-order chi connectivity index (χ1) is 13.0. The monoisotopic (exact) mass is 450 g/mol. The Hall–Kier alpha value is -1.99. The van der Waals surface area contributed by atoms with Gasteiger partial charge in [-0.3, -0.25) is 4.79 Å². The van der Waals surface area contributed by atoms with E-state index in [-0.39, 0.29) is 16.6 Å². The first-order valence-corrected chi connectivity index (χ1v) is 10.5. The summed E-state index contributed by atoms with van der Waals surface area (Å²) in [4.78, 5) is 16.4. The molecule has 0 bridgehead atoms. The number of ether oxygens (including phenoxy) is 1. The molecule has 4 nitrogen and oxygen atoms in total. The van der Waals surface area contributed by atoms with Crippen LogP contribution in [0.3, 0.4) is 0 Å². The maximum atomic E-state index is 12.9. The number of carbonyl (C=O) groups is 1. The molecule has 27 heavy (non-hydrogen) atoms. The number of unbranched alkanes of at least 4 members (excludes halogenated alkanes) is 1. The number of halogens is 2. The number of hydrogen-bond donors (Lipinski definition) is 1. The van der Waals surface area contributed by atoms with E-state index in [1.165, 1.54) is 23.5 Å². The average Bonchev–Trinajstić information content (AvgIpc) is 3.07. The van der Waals surface area contributed by atoms with Crippen molar-refractivity contribution in [3.05, 3.63) is 53.8 Å². The molecule has 1 atom stereocenters. The Balaban J connectivity index is 1.63. The molecular formula is C20H20BrFN2O2S. The predicted octanol–water partition coefficient (Wildman–Crippen LogP) is 5.91. The molecule has 0 spiro atoms. The van der Waals surface area contributed by atoms with Crippen molar-refractivity contribution in [2.45, 2.75) is 37.6 Å². The first kappa shape index (κ1) is 19.8. The molecular weight excluding hydrogens is 431 g/mol. The van der Waals surface area contributed by atoms with E-state index in [4.69, 9.17) is 4.74 Å². The third-order valence-electron chi connectivity index (χ3n) is 4.00. The lowest BCUT2D eigenvalue weighted by molar-refractivity contribution is -0.115. The Morgan fingerprint density at radius 3 is 2.81 bits per heavy atom. The summed E-state index contributed by atoms with van der Waals surface area (Å²) in [5, 5.41) is 3.44. The molecule has 142 valence electrons. The number of rotatable bonds is 8. The average molecular weight is 451 g/mol. The van der Waals surface area contributed by atoms with Crippen molar-refractivity contribution in [1.82, 2.24) is 4.98 Å². The van der Waals surface area contributed by atoms with E-state index in [1.807, 2.05) is 18.2 Å². The molecule has 0 saturated heterocycles. The lowest BCUT2D eigenvalue weighted by Crippen LogP contribution is -2.22. The van der Waals surface area contributed by atoms with Crippen LogP contribution in [0, 0.1) is 5.82 Å². The number of nitrogens with one attached hydrogen (secondary N) is 1. The van der Waals surface area contributed by atoms with Crippen LogP contribution < -0.4 is 10.1 Å². The summed E-state index contributed by atoms with van der Waals surface area (Å²) in [5.74, 6) is 0.366. The SMILES string of the molecule is CCCCC(Br)C(=O)Nc1nc2ccc(OCc3ccc(F)cc3)cc2s1. The number of fused-ring (bicyclic) bond motifs is 1. The molecule has 0 fully saturated rings. The zero-order valence-electron chi connectivity index (χ0n) is 14.9. The number of hydrogen-bond acceptors (Lipinski definition) is 4. The molecule has 0 aliphatic rings. The summed E-state index contributed by atoms with van der Waals surface area (Å²) in [6, 6.07) is 11.8. The highest BCUT2D eigenvalue weighted by Gasteiger charge is 2.16. The first-order valence-electron chi connectivity index (χ1n) is 8.78. The standard InChI is InChI=1S/C20H20BrFN2O2S/c1-2-3-4-16(21)19(25)24-20-23-17-10-9-15(11-18(17)27-20)26-12-13-5-7-14(22)8-6-13/h5-11,16H,2-4,12H2,1H3,(H,23,24,25). The normalized spacial score (nSPS) is 12.1. The quantitative estimate of drug-likeness (QED) is 0.434. The second-order valence-electron chi connectivity index (χ2n) is 6.16. The Labute approximate surface area is 169 Å². The minimum absolute atomic E-state index is 0.0738. The van der Waals surface area contributed by atoms with Crippen molar-refractivity contribution in [2.75, 3.05) is 5.32 Å². The van der Waals surface area contributed by atoms with Crippen molar-refractivity contribution < 1.29 is 13.9 Å². The maximum absolute atomic E-state index is 12.9. The van der Waals surface area contributed by atoms with Crippen LogP contribution in [-0.2, 0) is 11.4 Å². The minimum atomic E-state index is -0.264. The van der Waals surface area contributed by atoms with Crippen molar-refractivity contribution in [2.24, 2.45) is 0 Å². The number of thiazole rings is 1. The van der Waals surface area contributed by atoms with Crippen LogP contribution in [0.5, 0.6) is 5.75 Å². The summed E-state index contributed by atoms with van der Waals surface area (Å²) in [6.07, 6.45) is 2.85. The Morgan fingerprint density at radius 2 is 2.07 bits per heavy atom. The number of alkyl halides is 1. The fourth-order valence-electron chi connectivity index (χ4n) is 2.49. The third kappa shape index (κ3) is 5.49. The number of amides is 1. The van der Waals surface area contributed by atoms with Gasteiger partial charge in [-0.1, -0.05) is 59.2 Å².